The molecule has 2 N–H and O–H groups in total. The van der Waals surface area contributed by atoms with Crippen LogP contribution in [0.1, 0.15) is 29.2 Å². The van der Waals surface area contributed by atoms with Crippen molar-refractivity contribution in [2.75, 3.05) is 10.6 Å². The van der Waals surface area contributed by atoms with E-state index in [-0.39, 0.29) is 11.8 Å². The van der Waals surface area contributed by atoms with E-state index in [4.69, 9.17) is 0 Å². The van der Waals surface area contributed by atoms with Crippen molar-refractivity contribution < 1.29 is 9.59 Å². The van der Waals surface area contributed by atoms with Gasteiger partial charge in [-0.3, -0.25) is 9.59 Å². The van der Waals surface area contributed by atoms with E-state index in [0.29, 0.717) is 17.8 Å². The highest BCUT2D eigenvalue weighted by Crippen LogP contribution is 2.23. The molecule has 23 heavy (non-hydrogen) atoms. The number of hydrogen-bond donors (Lipinski definition) is 2. The number of carbonyl (C=O) groups is 2. The lowest BCUT2D eigenvalue weighted by Crippen LogP contribution is -2.17. The normalized spacial score (nSPS) is 10.3. The molecule has 2 rings (SSSR count). The van der Waals surface area contributed by atoms with Gasteiger partial charge in [0.2, 0.25) is 11.8 Å². The Hall–Kier alpha value is -2.62. The van der Waals surface area contributed by atoms with Gasteiger partial charge in [-0.2, -0.15) is 0 Å². The summed E-state index contributed by atoms with van der Waals surface area (Å²) in [6.45, 7) is 7.47. The lowest BCUT2D eigenvalue weighted by atomic mass is 10.0. The van der Waals surface area contributed by atoms with Crippen LogP contribution in [0.3, 0.4) is 0 Å². The third kappa shape index (κ3) is 4.68. The SMILES string of the molecule is CC(=O)Nc1ccc(C)cc1NC(=O)Cc1ccc(C)c(C)c1. The summed E-state index contributed by atoms with van der Waals surface area (Å²) in [5.74, 6) is -0.274. The predicted octanol–water partition coefficient (Wildman–Crippen LogP) is 3.75. The Morgan fingerprint density at radius 1 is 0.870 bits per heavy atom. The van der Waals surface area contributed by atoms with Crippen LogP contribution in [-0.4, -0.2) is 11.8 Å². The summed E-state index contributed by atoms with van der Waals surface area (Å²) in [6.07, 6.45) is 0.300. The van der Waals surface area contributed by atoms with Crippen LogP contribution in [0.4, 0.5) is 11.4 Å². The minimum atomic E-state index is -0.168. The number of rotatable bonds is 4. The lowest BCUT2D eigenvalue weighted by molar-refractivity contribution is -0.116. The van der Waals surface area contributed by atoms with E-state index < -0.39 is 0 Å². The third-order valence-corrected chi connectivity index (χ3v) is 3.70. The molecule has 2 aromatic rings. The Bertz CT molecular complexity index is 751. The maximum atomic E-state index is 12.3. The van der Waals surface area contributed by atoms with Gasteiger partial charge < -0.3 is 10.6 Å². The van der Waals surface area contributed by atoms with Gasteiger partial charge in [0.25, 0.3) is 0 Å². The molecule has 4 nitrogen and oxygen atoms in total. The summed E-state index contributed by atoms with van der Waals surface area (Å²) in [7, 11) is 0. The van der Waals surface area contributed by atoms with Crippen molar-refractivity contribution in [2.24, 2.45) is 0 Å². The molecule has 0 fully saturated rings. The van der Waals surface area contributed by atoms with Crippen molar-refractivity contribution >= 4 is 23.2 Å². The fourth-order valence-electron chi connectivity index (χ4n) is 2.35. The first-order valence-electron chi connectivity index (χ1n) is 7.59. The average molecular weight is 310 g/mol. The number of benzene rings is 2. The van der Waals surface area contributed by atoms with Gasteiger partial charge in [-0.15, -0.1) is 0 Å². The van der Waals surface area contributed by atoms with E-state index >= 15 is 0 Å². The number of nitrogens with one attached hydrogen (secondary N) is 2. The Morgan fingerprint density at radius 3 is 2.26 bits per heavy atom. The van der Waals surface area contributed by atoms with Crippen molar-refractivity contribution in [1.82, 2.24) is 0 Å². The summed E-state index contributed by atoms with van der Waals surface area (Å²) in [4.78, 5) is 23.6. The molecule has 0 bridgehead atoms. The average Bonchev–Trinajstić information content (AvgIpc) is 2.45. The summed E-state index contributed by atoms with van der Waals surface area (Å²) >= 11 is 0. The van der Waals surface area contributed by atoms with Crippen LogP contribution in [0.25, 0.3) is 0 Å². The molecule has 0 radical (unpaired) electrons. The highest BCUT2D eigenvalue weighted by molar-refractivity contribution is 5.99. The fraction of sp³-hybridized carbons (Fsp3) is 0.263. The Balaban J connectivity index is 2.14. The molecule has 0 aromatic heterocycles. The molecule has 0 spiro atoms. The second-order valence-electron chi connectivity index (χ2n) is 5.87. The zero-order chi connectivity index (χ0) is 17.0. The predicted molar refractivity (Wildman–Crippen MR) is 93.7 cm³/mol. The number of amides is 2. The summed E-state index contributed by atoms with van der Waals surface area (Å²) in [5.41, 5.74) is 5.59. The molecule has 2 amide bonds. The lowest BCUT2D eigenvalue weighted by Gasteiger charge is -2.13. The fourth-order valence-corrected chi connectivity index (χ4v) is 2.35. The summed E-state index contributed by atoms with van der Waals surface area (Å²) in [5, 5.41) is 5.62. The van der Waals surface area contributed by atoms with Crippen LogP contribution < -0.4 is 10.6 Å². The largest absolute Gasteiger partial charge is 0.325 e. The molecule has 0 heterocycles. The molecule has 0 saturated carbocycles. The van der Waals surface area contributed by atoms with Crippen LogP contribution in [0.15, 0.2) is 36.4 Å². The van der Waals surface area contributed by atoms with Gasteiger partial charge in [0.1, 0.15) is 0 Å². The maximum absolute atomic E-state index is 12.3. The Labute approximate surface area is 136 Å². The second-order valence-corrected chi connectivity index (χ2v) is 5.87. The van der Waals surface area contributed by atoms with Gasteiger partial charge >= 0.3 is 0 Å². The zero-order valence-corrected chi connectivity index (χ0v) is 14.0. The van der Waals surface area contributed by atoms with Crippen LogP contribution in [0, 0.1) is 20.8 Å². The highest BCUT2D eigenvalue weighted by atomic mass is 16.2. The molecular formula is C19H22N2O2. The molecule has 0 unspecified atom stereocenters. The van der Waals surface area contributed by atoms with Gasteiger partial charge in [0, 0.05) is 6.92 Å². The van der Waals surface area contributed by atoms with E-state index in [2.05, 4.69) is 10.6 Å². The first kappa shape index (κ1) is 16.7. The zero-order valence-electron chi connectivity index (χ0n) is 14.0. The van der Waals surface area contributed by atoms with Gasteiger partial charge in [0.15, 0.2) is 0 Å². The molecule has 120 valence electrons. The molecule has 0 aliphatic rings. The Kier molecular flexibility index (Phi) is 5.16. The summed E-state index contributed by atoms with van der Waals surface area (Å²) < 4.78 is 0. The minimum absolute atomic E-state index is 0.106. The maximum Gasteiger partial charge on any atom is 0.228 e. The smallest absolute Gasteiger partial charge is 0.228 e. The van der Waals surface area contributed by atoms with Crippen molar-refractivity contribution in [3.63, 3.8) is 0 Å². The molecule has 2 aromatic carbocycles. The van der Waals surface area contributed by atoms with Gasteiger partial charge in [-0.25, -0.2) is 0 Å². The number of anilines is 2. The number of hydrogen-bond acceptors (Lipinski definition) is 2. The van der Waals surface area contributed by atoms with Crippen LogP contribution in [0.2, 0.25) is 0 Å². The highest BCUT2D eigenvalue weighted by Gasteiger charge is 2.10. The van der Waals surface area contributed by atoms with Gasteiger partial charge in [0.05, 0.1) is 17.8 Å². The van der Waals surface area contributed by atoms with Crippen molar-refractivity contribution in [2.45, 2.75) is 34.1 Å². The molecule has 0 aliphatic heterocycles. The van der Waals surface area contributed by atoms with Crippen molar-refractivity contribution in [3.8, 4) is 0 Å². The number of carbonyl (C=O) groups excluding carboxylic acids is 2. The van der Waals surface area contributed by atoms with E-state index in [9.17, 15) is 9.59 Å². The molecule has 0 aliphatic carbocycles. The standard InChI is InChI=1S/C19H22N2O2/c1-12-5-8-17(20-15(4)22)18(9-12)21-19(23)11-16-7-6-13(2)14(3)10-16/h5-10H,11H2,1-4H3,(H,20,22)(H,21,23). The van der Waals surface area contributed by atoms with Crippen LogP contribution >= 0.6 is 0 Å². The van der Waals surface area contributed by atoms with E-state index in [1.165, 1.54) is 18.1 Å². The third-order valence-electron chi connectivity index (χ3n) is 3.70. The quantitative estimate of drug-likeness (QED) is 0.903. The first-order valence-corrected chi connectivity index (χ1v) is 7.59. The van der Waals surface area contributed by atoms with E-state index in [0.717, 1.165) is 11.1 Å². The van der Waals surface area contributed by atoms with Crippen molar-refractivity contribution in [1.29, 1.82) is 0 Å². The van der Waals surface area contributed by atoms with Crippen LogP contribution in [0.5, 0.6) is 0 Å². The molecule has 0 atom stereocenters. The molecule has 0 saturated heterocycles. The van der Waals surface area contributed by atoms with Crippen LogP contribution in [-0.2, 0) is 16.0 Å². The van der Waals surface area contributed by atoms with Crippen molar-refractivity contribution in [3.05, 3.63) is 58.7 Å². The van der Waals surface area contributed by atoms with E-state index in [1.54, 1.807) is 6.07 Å². The molecular weight excluding hydrogens is 288 g/mol. The minimum Gasteiger partial charge on any atom is -0.325 e. The summed E-state index contributed by atoms with van der Waals surface area (Å²) in [6, 6.07) is 11.6. The van der Waals surface area contributed by atoms with E-state index in [1.807, 2.05) is 51.1 Å². The topological polar surface area (TPSA) is 58.2 Å². The Morgan fingerprint density at radius 2 is 1.61 bits per heavy atom. The van der Waals surface area contributed by atoms with Gasteiger partial charge in [-0.05, 0) is 55.2 Å². The van der Waals surface area contributed by atoms with Gasteiger partial charge in [-0.1, -0.05) is 24.3 Å². The molecule has 4 heteroatoms. The number of aryl methyl sites for hydroxylation is 3. The monoisotopic (exact) mass is 310 g/mol. The first-order chi connectivity index (χ1) is 10.8. The second kappa shape index (κ2) is 7.09.